The third-order valence-electron chi connectivity index (χ3n) is 4.24. The Bertz CT molecular complexity index is 625. The van der Waals surface area contributed by atoms with Crippen LogP contribution in [-0.4, -0.2) is 80.9 Å². The number of morpholine rings is 1. The molecular formula is C14H23N5O3S. The van der Waals surface area contributed by atoms with Gasteiger partial charge in [-0.3, -0.25) is 0 Å². The van der Waals surface area contributed by atoms with E-state index in [9.17, 15) is 8.42 Å². The van der Waals surface area contributed by atoms with Gasteiger partial charge in [-0.1, -0.05) is 0 Å². The summed E-state index contributed by atoms with van der Waals surface area (Å²) in [6.07, 6.45) is 1.77. The molecule has 0 spiro atoms. The first-order valence-corrected chi connectivity index (χ1v) is 9.59. The van der Waals surface area contributed by atoms with Crippen LogP contribution in [0.1, 0.15) is 6.92 Å². The summed E-state index contributed by atoms with van der Waals surface area (Å²) in [4.78, 5) is 13.2. The van der Waals surface area contributed by atoms with Gasteiger partial charge in [0.2, 0.25) is 16.0 Å². The van der Waals surface area contributed by atoms with Gasteiger partial charge in [0.15, 0.2) is 0 Å². The van der Waals surface area contributed by atoms with Crippen molar-refractivity contribution in [3.05, 3.63) is 12.3 Å². The van der Waals surface area contributed by atoms with Crippen LogP contribution >= 0.6 is 0 Å². The second kappa shape index (κ2) is 6.98. The van der Waals surface area contributed by atoms with E-state index in [0.717, 1.165) is 24.9 Å². The molecule has 128 valence electrons. The summed E-state index contributed by atoms with van der Waals surface area (Å²) in [6.45, 7) is 6.98. The molecule has 0 atom stereocenters. The zero-order valence-electron chi connectivity index (χ0n) is 13.4. The quantitative estimate of drug-likeness (QED) is 0.749. The first-order valence-electron chi connectivity index (χ1n) is 7.98. The van der Waals surface area contributed by atoms with E-state index >= 15 is 0 Å². The van der Waals surface area contributed by atoms with Gasteiger partial charge < -0.3 is 14.5 Å². The molecule has 0 saturated carbocycles. The fourth-order valence-corrected chi connectivity index (χ4v) is 3.89. The summed E-state index contributed by atoms with van der Waals surface area (Å²) >= 11 is 0. The Morgan fingerprint density at radius 1 is 1.09 bits per heavy atom. The van der Waals surface area contributed by atoms with Gasteiger partial charge in [-0.05, 0) is 13.0 Å². The van der Waals surface area contributed by atoms with Gasteiger partial charge in [0.1, 0.15) is 5.82 Å². The number of nitrogens with zero attached hydrogens (tertiary/aromatic N) is 5. The average Bonchev–Trinajstić information content (AvgIpc) is 2.63. The van der Waals surface area contributed by atoms with Crippen LogP contribution in [0.3, 0.4) is 0 Å². The zero-order chi connectivity index (χ0) is 16.3. The molecule has 0 bridgehead atoms. The van der Waals surface area contributed by atoms with E-state index in [1.165, 1.54) is 0 Å². The molecule has 8 nitrogen and oxygen atoms in total. The maximum absolute atomic E-state index is 11.9. The SMILES string of the molecule is CCS(=O)(=O)N1CCN(c2ccnc(N3CCOCC3)n2)CC1. The number of rotatable bonds is 4. The Hall–Kier alpha value is -1.45. The van der Waals surface area contributed by atoms with Crippen LogP contribution in [0.5, 0.6) is 0 Å². The van der Waals surface area contributed by atoms with Gasteiger partial charge in [0, 0.05) is 45.5 Å². The molecule has 3 heterocycles. The largest absolute Gasteiger partial charge is 0.378 e. The molecule has 2 aliphatic rings. The van der Waals surface area contributed by atoms with Crippen molar-refractivity contribution < 1.29 is 13.2 Å². The van der Waals surface area contributed by atoms with Crippen molar-refractivity contribution >= 4 is 21.8 Å². The number of piperazine rings is 1. The molecule has 2 aliphatic heterocycles. The summed E-state index contributed by atoms with van der Waals surface area (Å²) in [5.41, 5.74) is 0. The zero-order valence-corrected chi connectivity index (χ0v) is 14.2. The van der Waals surface area contributed by atoms with Gasteiger partial charge in [-0.2, -0.15) is 9.29 Å². The Balaban J connectivity index is 1.66. The molecular weight excluding hydrogens is 318 g/mol. The molecule has 0 radical (unpaired) electrons. The lowest BCUT2D eigenvalue weighted by Crippen LogP contribution is -2.49. The van der Waals surface area contributed by atoms with E-state index in [0.29, 0.717) is 39.4 Å². The van der Waals surface area contributed by atoms with Crippen molar-refractivity contribution in [1.82, 2.24) is 14.3 Å². The predicted molar refractivity (Wildman–Crippen MR) is 88.3 cm³/mol. The highest BCUT2D eigenvalue weighted by Gasteiger charge is 2.26. The Morgan fingerprint density at radius 2 is 1.78 bits per heavy atom. The highest BCUT2D eigenvalue weighted by molar-refractivity contribution is 7.89. The van der Waals surface area contributed by atoms with E-state index in [4.69, 9.17) is 4.74 Å². The van der Waals surface area contributed by atoms with E-state index in [1.54, 1.807) is 17.4 Å². The molecule has 2 fully saturated rings. The molecule has 9 heteroatoms. The number of hydrogen-bond donors (Lipinski definition) is 0. The lowest BCUT2D eigenvalue weighted by molar-refractivity contribution is 0.122. The minimum atomic E-state index is -3.10. The van der Waals surface area contributed by atoms with Crippen LogP contribution in [-0.2, 0) is 14.8 Å². The van der Waals surface area contributed by atoms with Crippen LogP contribution < -0.4 is 9.80 Å². The summed E-state index contributed by atoms with van der Waals surface area (Å²) in [6, 6.07) is 1.88. The summed E-state index contributed by atoms with van der Waals surface area (Å²) in [5, 5.41) is 0. The van der Waals surface area contributed by atoms with E-state index in [1.807, 2.05) is 6.07 Å². The van der Waals surface area contributed by atoms with E-state index < -0.39 is 10.0 Å². The summed E-state index contributed by atoms with van der Waals surface area (Å²) in [5.74, 6) is 1.73. The Labute approximate surface area is 137 Å². The van der Waals surface area contributed by atoms with E-state index in [-0.39, 0.29) is 5.75 Å². The number of ether oxygens (including phenoxy) is 1. The van der Waals surface area contributed by atoms with Crippen LogP contribution in [0, 0.1) is 0 Å². The number of anilines is 2. The fraction of sp³-hybridized carbons (Fsp3) is 0.714. The second-order valence-corrected chi connectivity index (χ2v) is 7.86. The lowest BCUT2D eigenvalue weighted by atomic mass is 10.3. The third kappa shape index (κ3) is 3.73. The summed E-state index contributed by atoms with van der Waals surface area (Å²) in [7, 11) is -3.10. The minimum Gasteiger partial charge on any atom is -0.378 e. The third-order valence-corrected chi connectivity index (χ3v) is 6.12. The minimum absolute atomic E-state index is 0.154. The van der Waals surface area contributed by atoms with Crippen molar-refractivity contribution in [3.8, 4) is 0 Å². The lowest BCUT2D eigenvalue weighted by Gasteiger charge is -2.35. The van der Waals surface area contributed by atoms with Gasteiger partial charge in [-0.25, -0.2) is 13.4 Å². The number of hydrogen-bond acceptors (Lipinski definition) is 7. The molecule has 1 aromatic heterocycles. The van der Waals surface area contributed by atoms with Crippen molar-refractivity contribution in [2.75, 3.05) is 68.0 Å². The predicted octanol–water partition coefficient (Wildman–Crippen LogP) is -0.215. The van der Waals surface area contributed by atoms with Gasteiger partial charge >= 0.3 is 0 Å². The highest BCUT2D eigenvalue weighted by Crippen LogP contribution is 2.18. The monoisotopic (exact) mass is 341 g/mol. The molecule has 0 N–H and O–H groups in total. The standard InChI is InChI=1S/C14H23N5O3S/c1-2-23(20,21)19-7-5-17(6-8-19)13-3-4-15-14(16-13)18-9-11-22-12-10-18/h3-4H,2,5-12H2,1H3. The first-order chi connectivity index (χ1) is 11.1. The van der Waals surface area contributed by atoms with Crippen molar-refractivity contribution in [3.63, 3.8) is 0 Å². The van der Waals surface area contributed by atoms with Crippen LogP contribution in [0.2, 0.25) is 0 Å². The van der Waals surface area contributed by atoms with Crippen molar-refractivity contribution in [2.45, 2.75) is 6.92 Å². The molecule has 0 amide bonds. The molecule has 23 heavy (non-hydrogen) atoms. The van der Waals surface area contributed by atoms with Crippen molar-refractivity contribution in [2.24, 2.45) is 0 Å². The normalized spacial score (nSPS) is 20.7. The number of sulfonamides is 1. The van der Waals surface area contributed by atoms with Crippen molar-refractivity contribution in [1.29, 1.82) is 0 Å². The van der Waals surface area contributed by atoms with Crippen LogP contribution in [0.15, 0.2) is 12.3 Å². The smallest absolute Gasteiger partial charge is 0.227 e. The topological polar surface area (TPSA) is 78.9 Å². The Morgan fingerprint density at radius 3 is 2.43 bits per heavy atom. The molecule has 1 aromatic rings. The average molecular weight is 341 g/mol. The highest BCUT2D eigenvalue weighted by atomic mass is 32.2. The maximum atomic E-state index is 11.9. The van der Waals surface area contributed by atoms with Gasteiger partial charge in [-0.15, -0.1) is 0 Å². The fourth-order valence-electron chi connectivity index (χ4n) is 2.81. The summed E-state index contributed by atoms with van der Waals surface area (Å²) < 4.78 is 30.8. The molecule has 0 aromatic carbocycles. The van der Waals surface area contributed by atoms with E-state index in [2.05, 4.69) is 19.8 Å². The van der Waals surface area contributed by atoms with Gasteiger partial charge in [0.05, 0.1) is 19.0 Å². The molecule has 0 unspecified atom stereocenters. The second-order valence-electron chi connectivity index (χ2n) is 5.60. The molecule has 2 saturated heterocycles. The molecule has 3 rings (SSSR count). The molecule has 0 aliphatic carbocycles. The maximum Gasteiger partial charge on any atom is 0.227 e. The Kier molecular flexibility index (Phi) is 4.98. The van der Waals surface area contributed by atoms with Crippen LogP contribution in [0.4, 0.5) is 11.8 Å². The first kappa shape index (κ1) is 16.4. The van der Waals surface area contributed by atoms with Crippen LogP contribution in [0.25, 0.3) is 0 Å². The number of aromatic nitrogens is 2. The van der Waals surface area contributed by atoms with Gasteiger partial charge in [0.25, 0.3) is 0 Å².